The maximum atomic E-state index is 6.55. The molecule has 0 fully saturated rings. The molecule has 32 heavy (non-hydrogen) atoms. The van der Waals surface area contributed by atoms with Crippen molar-refractivity contribution in [2.75, 3.05) is 0 Å². The zero-order valence-electron chi connectivity index (χ0n) is 19.1. The predicted molar refractivity (Wildman–Crippen MR) is 132 cm³/mol. The number of pyridine rings is 2. The van der Waals surface area contributed by atoms with Crippen molar-refractivity contribution in [2.45, 2.75) is 27.7 Å². The van der Waals surface area contributed by atoms with E-state index in [4.69, 9.17) is 9.40 Å². The van der Waals surface area contributed by atoms with Crippen LogP contribution in [0.3, 0.4) is 0 Å². The van der Waals surface area contributed by atoms with E-state index in [2.05, 4.69) is 100.0 Å². The Bertz CT molecular complexity index is 1720. The van der Waals surface area contributed by atoms with E-state index in [1.165, 1.54) is 38.4 Å². The molecule has 6 aromatic rings. The Balaban J connectivity index is 1.82. The molecule has 0 saturated heterocycles. The van der Waals surface area contributed by atoms with E-state index in [0.29, 0.717) is 5.71 Å². The molecule has 0 atom stereocenters. The van der Waals surface area contributed by atoms with Crippen molar-refractivity contribution in [2.24, 2.45) is 7.05 Å². The molecule has 0 aliphatic heterocycles. The van der Waals surface area contributed by atoms with Gasteiger partial charge in [-0.25, -0.2) is 4.98 Å². The van der Waals surface area contributed by atoms with Crippen LogP contribution in [0.4, 0.5) is 0 Å². The second kappa shape index (κ2) is 6.64. The maximum absolute atomic E-state index is 6.55. The largest absolute Gasteiger partial charge is 0.437 e. The number of aryl methyl sites for hydroxylation is 4. The topological polar surface area (TPSA) is 29.9 Å². The molecule has 6 rings (SSSR count). The van der Waals surface area contributed by atoms with Crippen LogP contribution in [0.5, 0.6) is 0 Å². The number of hydrogen-bond acceptors (Lipinski definition) is 2. The molecule has 0 aliphatic carbocycles. The number of nitrogens with zero attached hydrogens (tertiary/aromatic N) is 2. The average molecular weight is 418 g/mol. The lowest BCUT2D eigenvalue weighted by Gasteiger charge is -2.11. The highest BCUT2D eigenvalue weighted by molar-refractivity contribution is 6.20. The fourth-order valence-electron chi connectivity index (χ4n) is 5.17. The Hall–Kier alpha value is -3.72. The van der Waals surface area contributed by atoms with E-state index < -0.39 is 0 Å². The van der Waals surface area contributed by atoms with Gasteiger partial charge in [0.25, 0.3) is 0 Å². The molecule has 3 nitrogen and oxygen atoms in total. The van der Waals surface area contributed by atoms with Gasteiger partial charge in [0.1, 0.15) is 7.05 Å². The van der Waals surface area contributed by atoms with Crippen molar-refractivity contribution < 1.29 is 8.98 Å². The van der Waals surface area contributed by atoms with E-state index in [1.807, 2.05) is 0 Å². The zero-order chi connectivity index (χ0) is 22.1. The quantitative estimate of drug-likeness (QED) is 0.269. The molecule has 0 unspecified atom stereocenters. The van der Waals surface area contributed by atoms with Gasteiger partial charge in [0, 0.05) is 34.0 Å². The maximum Gasteiger partial charge on any atom is 0.228 e. The summed E-state index contributed by atoms with van der Waals surface area (Å²) in [5, 5.41) is 5.88. The van der Waals surface area contributed by atoms with Crippen LogP contribution in [0.1, 0.15) is 22.4 Å². The summed E-state index contributed by atoms with van der Waals surface area (Å²) in [7, 11) is 2.14. The number of aromatic nitrogens is 2. The van der Waals surface area contributed by atoms with Gasteiger partial charge >= 0.3 is 0 Å². The first-order valence-corrected chi connectivity index (χ1v) is 11.1. The highest BCUT2D eigenvalue weighted by atomic mass is 16.3. The van der Waals surface area contributed by atoms with Gasteiger partial charge < -0.3 is 4.42 Å². The molecule has 3 heteroatoms. The third-order valence-electron chi connectivity index (χ3n) is 7.00. The van der Waals surface area contributed by atoms with Crippen LogP contribution in [-0.4, -0.2) is 4.98 Å². The van der Waals surface area contributed by atoms with Gasteiger partial charge in [0.15, 0.2) is 5.58 Å². The molecular formula is C29H25N2O+. The Kier molecular flexibility index (Phi) is 3.94. The minimum Gasteiger partial charge on any atom is -0.437 e. The Morgan fingerprint density at radius 1 is 0.750 bits per heavy atom. The monoisotopic (exact) mass is 417 g/mol. The highest BCUT2D eigenvalue weighted by Crippen LogP contribution is 2.41. The molecule has 0 saturated carbocycles. The van der Waals surface area contributed by atoms with Crippen molar-refractivity contribution in [1.29, 1.82) is 0 Å². The average Bonchev–Trinajstić information content (AvgIpc) is 3.15. The lowest BCUT2D eigenvalue weighted by atomic mass is 9.94. The van der Waals surface area contributed by atoms with Gasteiger partial charge in [-0.05, 0) is 61.9 Å². The fourth-order valence-corrected chi connectivity index (χ4v) is 5.17. The minimum absolute atomic E-state index is 0.711. The lowest BCUT2D eigenvalue weighted by molar-refractivity contribution is -0.633. The third kappa shape index (κ3) is 2.48. The first kappa shape index (κ1) is 19.0. The number of para-hydroxylation sites is 1. The van der Waals surface area contributed by atoms with Crippen molar-refractivity contribution in [1.82, 2.24) is 4.98 Å². The summed E-state index contributed by atoms with van der Waals surface area (Å²) in [5.41, 5.74) is 9.90. The van der Waals surface area contributed by atoms with E-state index in [9.17, 15) is 0 Å². The second-order valence-electron chi connectivity index (χ2n) is 8.88. The van der Waals surface area contributed by atoms with Gasteiger partial charge in [0.2, 0.25) is 16.9 Å². The van der Waals surface area contributed by atoms with Crippen LogP contribution in [0.2, 0.25) is 0 Å². The number of furan rings is 1. The summed E-state index contributed by atoms with van der Waals surface area (Å²) in [5.74, 6) is 0. The summed E-state index contributed by atoms with van der Waals surface area (Å²) in [6.45, 7) is 8.62. The first-order valence-electron chi connectivity index (χ1n) is 11.1. The molecule has 0 aliphatic rings. The Morgan fingerprint density at radius 2 is 1.44 bits per heavy atom. The normalized spacial score (nSPS) is 11.9. The van der Waals surface area contributed by atoms with Crippen molar-refractivity contribution in [3.05, 3.63) is 83.0 Å². The first-order chi connectivity index (χ1) is 15.5. The predicted octanol–water partition coefficient (Wildman–Crippen LogP) is 7.01. The Labute approximate surface area is 186 Å². The van der Waals surface area contributed by atoms with Gasteiger partial charge in [-0.1, -0.05) is 36.4 Å². The molecule has 3 aromatic heterocycles. The number of rotatable bonds is 1. The SMILES string of the molecule is Cc1cc2c(oc3nc(C)c4ccccc4c32)c(-c2cc(C)c3ccccc3[n+]2C)c1C. The van der Waals surface area contributed by atoms with E-state index in [-0.39, 0.29) is 0 Å². The number of fused-ring (bicyclic) bond motifs is 6. The van der Waals surface area contributed by atoms with Crippen molar-refractivity contribution >= 4 is 43.7 Å². The molecular weight excluding hydrogens is 392 g/mol. The number of benzene rings is 3. The summed E-state index contributed by atoms with van der Waals surface area (Å²) in [6.07, 6.45) is 0. The molecule has 156 valence electrons. The van der Waals surface area contributed by atoms with Gasteiger partial charge in [-0.15, -0.1) is 0 Å². The smallest absolute Gasteiger partial charge is 0.228 e. The van der Waals surface area contributed by atoms with Gasteiger partial charge in [-0.3, -0.25) is 0 Å². The third-order valence-corrected chi connectivity index (χ3v) is 7.00. The van der Waals surface area contributed by atoms with Crippen LogP contribution in [0, 0.1) is 27.7 Å². The summed E-state index contributed by atoms with van der Waals surface area (Å²) in [4.78, 5) is 4.85. The molecule has 0 radical (unpaired) electrons. The van der Waals surface area contributed by atoms with E-state index in [0.717, 1.165) is 33.3 Å². The molecule has 3 aromatic carbocycles. The number of hydrogen-bond donors (Lipinski definition) is 0. The standard InChI is InChI=1S/C29H25N2O/c1-16-14-23-27-22-12-7-6-11-21(22)19(4)30-29(27)32-28(23)26(18(16)3)25-15-17(2)20-10-8-9-13-24(20)31(25)5/h6-15H,1-5H3/q+1. The van der Waals surface area contributed by atoms with E-state index in [1.54, 1.807) is 0 Å². The second-order valence-corrected chi connectivity index (χ2v) is 8.88. The molecule has 0 bridgehead atoms. The van der Waals surface area contributed by atoms with Crippen molar-refractivity contribution in [3.63, 3.8) is 0 Å². The van der Waals surface area contributed by atoms with Gasteiger partial charge in [-0.2, -0.15) is 4.57 Å². The van der Waals surface area contributed by atoms with Crippen LogP contribution in [-0.2, 0) is 7.05 Å². The van der Waals surface area contributed by atoms with Crippen LogP contribution >= 0.6 is 0 Å². The van der Waals surface area contributed by atoms with Gasteiger partial charge in [0.05, 0.1) is 10.9 Å². The van der Waals surface area contributed by atoms with Crippen LogP contribution in [0.25, 0.3) is 55.0 Å². The van der Waals surface area contributed by atoms with Crippen molar-refractivity contribution in [3.8, 4) is 11.3 Å². The molecule has 0 amide bonds. The molecule has 0 N–H and O–H groups in total. The summed E-state index contributed by atoms with van der Waals surface area (Å²) >= 11 is 0. The molecule has 0 spiro atoms. The fraction of sp³-hybridized carbons (Fsp3) is 0.172. The van der Waals surface area contributed by atoms with Crippen LogP contribution in [0.15, 0.2) is 65.1 Å². The molecule has 3 heterocycles. The zero-order valence-corrected chi connectivity index (χ0v) is 19.1. The van der Waals surface area contributed by atoms with Crippen LogP contribution < -0.4 is 4.57 Å². The summed E-state index contributed by atoms with van der Waals surface area (Å²) in [6, 6.07) is 21.6. The minimum atomic E-state index is 0.711. The Morgan fingerprint density at radius 3 is 2.22 bits per heavy atom. The van der Waals surface area contributed by atoms with E-state index >= 15 is 0 Å². The highest BCUT2D eigenvalue weighted by Gasteiger charge is 2.25. The lowest BCUT2D eigenvalue weighted by Crippen LogP contribution is -2.32. The summed E-state index contributed by atoms with van der Waals surface area (Å²) < 4.78 is 8.83.